The number of hydrogen-bond donors (Lipinski definition) is 2. The molecule has 0 heterocycles. The molecule has 1 rings (SSSR count). The summed E-state index contributed by atoms with van der Waals surface area (Å²) in [4.78, 5) is 0. The van der Waals surface area contributed by atoms with Crippen molar-refractivity contribution in [2.75, 3.05) is 19.8 Å². The SMILES string of the molecule is C=C(C)COCCNCc1ccc(O)c(Cl)c1. The van der Waals surface area contributed by atoms with Crippen LogP contribution in [-0.2, 0) is 11.3 Å². The molecule has 94 valence electrons. The van der Waals surface area contributed by atoms with Crippen LogP contribution in [0, 0.1) is 0 Å². The fraction of sp³-hybridized carbons (Fsp3) is 0.385. The Kier molecular flexibility index (Phi) is 6.05. The molecule has 1 aromatic carbocycles. The van der Waals surface area contributed by atoms with Gasteiger partial charge in [0.1, 0.15) is 5.75 Å². The summed E-state index contributed by atoms with van der Waals surface area (Å²) in [5.41, 5.74) is 2.06. The van der Waals surface area contributed by atoms with E-state index in [1.807, 2.05) is 13.0 Å². The lowest BCUT2D eigenvalue weighted by Gasteiger charge is -2.07. The molecule has 0 amide bonds. The number of benzene rings is 1. The monoisotopic (exact) mass is 255 g/mol. The third-order valence-electron chi connectivity index (χ3n) is 2.11. The van der Waals surface area contributed by atoms with Crippen LogP contribution in [0.15, 0.2) is 30.4 Å². The minimum atomic E-state index is 0.111. The van der Waals surface area contributed by atoms with Crippen molar-refractivity contribution in [1.29, 1.82) is 0 Å². The van der Waals surface area contributed by atoms with Crippen LogP contribution in [0.2, 0.25) is 5.02 Å². The van der Waals surface area contributed by atoms with Gasteiger partial charge in [-0.25, -0.2) is 0 Å². The maximum atomic E-state index is 9.26. The summed E-state index contributed by atoms with van der Waals surface area (Å²) < 4.78 is 5.35. The highest BCUT2D eigenvalue weighted by molar-refractivity contribution is 6.32. The summed E-state index contributed by atoms with van der Waals surface area (Å²) >= 11 is 5.80. The number of phenolic OH excluding ortho intramolecular Hbond substituents is 1. The first-order valence-corrected chi connectivity index (χ1v) is 5.87. The van der Waals surface area contributed by atoms with E-state index in [0.29, 0.717) is 24.8 Å². The Morgan fingerprint density at radius 3 is 2.94 bits per heavy atom. The van der Waals surface area contributed by atoms with Gasteiger partial charge >= 0.3 is 0 Å². The quantitative estimate of drug-likeness (QED) is 0.582. The first kappa shape index (κ1) is 14.0. The van der Waals surface area contributed by atoms with Crippen molar-refractivity contribution in [2.24, 2.45) is 0 Å². The van der Waals surface area contributed by atoms with E-state index in [9.17, 15) is 5.11 Å². The average molecular weight is 256 g/mol. The summed E-state index contributed by atoms with van der Waals surface area (Å²) in [6.07, 6.45) is 0. The lowest BCUT2D eigenvalue weighted by Crippen LogP contribution is -2.19. The standard InChI is InChI=1S/C13H18ClNO2/c1-10(2)9-17-6-5-15-8-11-3-4-13(16)12(14)7-11/h3-4,7,15-16H,1,5-6,8-9H2,2H3. The van der Waals surface area contributed by atoms with Crippen molar-refractivity contribution in [3.8, 4) is 5.75 Å². The van der Waals surface area contributed by atoms with Gasteiger partial charge in [0, 0.05) is 13.1 Å². The maximum Gasteiger partial charge on any atom is 0.134 e. The molecule has 0 bridgehead atoms. The number of rotatable bonds is 7. The second-order valence-corrected chi connectivity index (χ2v) is 4.38. The molecule has 0 fully saturated rings. The van der Waals surface area contributed by atoms with Gasteiger partial charge in [-0.1, -0.05) is 29.8 Å². The van der Waals surface area contributed by atoms with Crippen LogP contribution >= 0.6 is 11.6 Å². The van der Waals surface area contributed by atoms with Crippen LogP contribution in [0.5, 0.6) is 5.75 Å². The van der Waals surface area contributed by atoms with E-state index >= 15 is 0 Å². The lowest BCUT2D eigenvalue weighted by atomic mass is 10.2. The molecule has 4 heteroatoms. The third kappa shape index (κ3) is 5.73. The predicted octanol–water partition coefficient (Wildman–Crippen LogP) is 2.73. The zero-order valence-corrected chi connectivity index (χ0v) is 10.8. The highest BCUT2D eigenvalue weighted by Gasteiger charge is 1.99. The second-order valence-electron chi connectivity index (χ2n) is 3.97. The van der Waals surface area contributed by atoms with Gasteiger partial charge in [0.25, 0.3) is 0 Å². The number of phenols is 1. The number of aromatic hydroxyl groups is 1. The van der Waals surface area contributed by atoms with Crippen LogP contribution in [0.4, 0.5) is 0 Å². The van der Waals surface area contributed by atoms with Gasteiger partial charge in [0.15, 0.2) is 0 Å². The van der Waals surface area contributed by atoms with Crippen LogP contribution < -0.4 is 5.32 Å². The van der Waals surface area contributed by atoms with Gasteiger partial charge in [-0.15, -0.1) is 0 Å². The second kappa shape index (κ2) is 7.33. The molecule has 0 saturated heterocycles. The van der Waals surface area contributed by atoms with Crippen molar-refractivity contribution in [3.63, 3.8) is 0 Å². The zero-order chi connectivity index (χ0) is 12.7. The van der Waals surface area contributed by atoms with Crippen molar-refractivity contribution < 1.29 is 9.84 Å². The zero-order valence-electron chi connectivity index (χ0n) is 10.0. The van der Waals surface area contributed by atoms with Crippen LogP contribution in [0.25, 0.3) is 0 Å². The molecule has 0 aliphatic rings. The van der Waals surface area contributed by atoms with Crippen molar-refractivity contribution in [2.45, 2.75) is 13.5 Å². The molecule has 3 nitrogen and oxygen atoms in total. The largest absolute Gasteiger partial charge is 0.506 e. The Morgan fingerprint density at radius 2 is 2.29 bits per heavy atom. The molecule has 0 saturated carbocycles. The normalized spacial score (nSPS) is 10.5. The third-order valence-corrected chi connectivity index (χ3v) is 2.42. The minimum absolute atomic E-state index is 0.111. The fourth-order valence-electron chi connectivity index (χ4n) is 1.28. The molecule has 0 radical (unpaired) electrons. The maximum absolute atomic E-state index is 9.26. The van der Waals surface area contributed by atoms with E-state index in [-0.39, 0.29) is 5.75 Å². The molecule has 1 aromatic rings. The summed E-state index contributed by atoms with van der Waals surface area (Å²) in [5, 5.41) is 12.9. The molecular weight excluding hydrogens is 238 g/mol. The number of hydrogen-bond acceptors (Lipinski definition) is 3. The Bertz CT molecular complexity index is 380. The molecule has 17 heavy (non-hydrogen) atoms. The van der Waals surface area contributed by atoms with Crippen molar-refractivity contribution in [3.05, 3.63) is 40.9 Å². The molecule has 0 aliphatic carbocycles. The molecule has 0 atom stereocenters. The number of ether oxygens (including phenoxy) is 1. The Balaban J connectivity index is 2.18. The molecular formula is C13H18ClNO2. The highest BCUT2D eigenvalue weighted by atomic mass is 35.5. The minimum Gasteiger partial charge on any atom is -0.506 e. The van der Waals surface area contributed by atoms with Crippen LogP contribution in [0.3, 0.4) is 0 Å². The highest BCUT2D eigenvalue weighted by Crippen LogP contribution is 2.23. The topological polar surface area (TPSA) is 41.5 Å². The van der Waals surface area contributed by atoms with E-state index in [2.05, 4.69) is 11.9 Å². The summed E-state index contributed by atoms with van der Waals surface area (Å²) in [6.45, 7) is 8.42. The molecule has 0 aliphatic heterocycles. The Labute approximate surface area is 107 Å². The molecule has 2 N–H and O–H groups in total. The van der Waals surface area contributed by atoms with Gasteiger partial charge in [0.05, 0.1) is 18.2 Å². The molecule has 0 spiro atoms. The van der Waals surface area contributed by atoms with Crippen molar-refractivity contribution in [1.82, 2.24) is 5.32 Å². The number of halogens is 1. The van der Waals surface area contributed by atoms with Gasteiger partial charge in [-0.05, 0) is 24.6 Å². The summed E-state index contributed by atoms with van der Waals surface area (Å²) in [7, 11) is 0. The van der Waals surface area contributed by atoms with E-state index < -0.39 is 0 Å². The van der Waals surface area contributed by atoms with Gasteiger partial charge in [0.2, 0.25) is 0 Å². The van der Waals surface area contributed by atoms with Crippen LogP contribution in [-0.4, -0.2) is 24.9 Å². The Morgan fingerprint density at radius 1 is 1.53 bits per heavy atom. The van der Waals surface area contributed by atoms with E-state index in [1.54, 1.807) is 12.1 Å². The lowest BCUT2D eigenvalue weighted by molar-refractivity contribution is 0.158. The van der Waals surface area contributed by atoms with Crippen molar-refractivity contribution >= 4 is 11.6 Å². The first-order valence-electron chi connectivity index (χ1n) is 5.50. The summed E-state index contributed by atoms with van der Waals surface area (Å²) in [5.74, 6) is 0.111. The fourth-order valence-corrected chi connectivity index (χ4v) is 1.49. The van der Waals surface area contributed by atoms with E-state index in [1.165, 1.54) is 0 Å². The smallest absolute Gasteiger partial charge is 0.134 e. The predicted molar refractivity (Wildman–Crippen MR) is 70.5 cm³/mol. The molecule has 0 unspecified atom stereocenters. The van der Waals surface area contributed by atoms with Gasteiger partial charge < -0.3 is 15.2 Å². The van der Waals surface area contributed by atoms with Gasteiger partial charge in [-0.3, -0.25) is 0 Å². The average Bonchev–Trinajstić information content (AvgIpc) is 2.27. The van der Waals surface area contributed by atoms with E-state index in [0.717, 1.165) is 17.7 Å². The van der Waals surface area contributed by atoms with E-state index in [4.69, 9.17) is 16.3 Å². The first-order chi connectivity index (χ1) is 8.09. The van der Waals surface area contributed by atoms with Crippen LogP contribution in [0.1, 0.15) is 12.5 Å². The van der Waals surface area contributed by atoms with Gasteiger partial charge in [-0.2, -0.15) is 0 Å². The summed E-state index contributed by atoms with van der Waals surface area (Å²) in [6, 6.07) is 5.18. The molecule has 0 aromatic heterocycles. The number of nitrogens with one attached hydrogen (secondary N) is 1. The Hall–Kier alpha value is -1.03.